The molecule has 0 radical (unpaired) electrons. The maximum Gasteiger partial charge on any atom is 0.230 e. The van der Waals surface area contributed by atoms with Crippen LogP contribution in [-0.2, 0) is 16.6 Å². The Morgan fingerprint density at radius 1 is 1.12 bits per heavy atom. The fraction of sp³-hybridized carbons (Fsp3) is 0.286. The number of benzene rings is 2. The zero-order valence-corrected chi connectivity index (χ0v) is 13.9. The largest absolute Gasteiger partial charge is 0.361 e. The lowest BCUT2D eigenvalue weighted by molar-refractivity contribution is -0.123. The SMILES string of the molecule is Cc1ccc(C2(C(=O)NCCc3c[nH]c4ccccc34)CC2)cc1. The standard InChI is InChI=1S/C21H22N2O/c1-15-6-8-17(9-7-15)21(11-12-21)20(24)22-13-10-16-14-23-19-5-3-2-4-18(16)19/h2-9,14,23H,10-13H2,1H3,(H,22,24). The van der Waals surface area contributed by atoms with E-state index >= 15 is 0 Å². The third kappa shape index (κ3) is 2.60. The van der Waals surface area contributed by atoms with Crippen LogP contribution < -0.4 is 5.32 Å². The van der Waals surface area contributed by atoms with Crippen LogP contribution in [0.4, 0.5) is 0 Å². The third-order valence-corrected chi connectivity index (χ3v) is 5.14. The summed E-state index contributed by atoms with van der Waals surface area (Å²) < 4.78 is 0. The summed E-state index contributed by atoms with van der Waals surface area (Å²) in [6, 6.07) is 16.7. The van der Waals surface area contributed by atoms with Crippen LogP contribution in [0, 0.1) is 6.92 Å². The van der Waals surface area contributed by atoms with Crippen molar-refractivity contribution in [3.8, 4) is 0 Å². The number of rotatable bonds is 5. The van der Waals surface area contributed by atoms with Crippen LogP contribution in [-0.4, -0.2) is 17.4 Å². The number of aryl methyl sites for hydroxylation is 1. The predicted octanol–water partition coefficient (Wildman–Crippen LogP) is 3.87. The lowest BCUT2D eigenvalue weighted by Crippen LogP contribution is -2.35. The van der Waals surface area contributed by atoms with Gasteiger partial charge in [-0.3, -0.25) is 4.79 Å². The van der Waals surface area contributed by atoms with E-state index in [1.54, 1.807) is 0 Å². The highest BCUT2D eigenvalue weighted by atomic mass is 16.2. The van der Waals surface area contributed by atoms with Crippen molar-refractivity contribution in [2.75, 3.05) is 6.54 Å². The average molecular weight is 318 g/mol. The number of amides is 1. The van der Waals surface area contributed by atoms with Crippen molar-refractivity contribution in [1.29, 1.82) is 0 Å². The first-order valence-electron chi connectivity index (χ1n) is 8.59. The van der Waals surface area contributed by atoms with Gasteiger partial charge in [0.25, 0.3) is 0 Å². The minimum Gasteiger partial charge on any atom is -0.361 e. The van der Waals surface area contributed by atoms with Crippen molar-refractivity contribution in [3.05, 3.63) is 71.4 Å². The van der Waals surface area contributed by atoms with Gasteiger partial charge in [-0.15, -0.1) is 0 Å². The topological polar surface area (TPSA) is 44.9 Å². The molecule has 2 N–H and O–H groups in total. The molecule has 1 saturated carbocycles. The summed E-state index contributed by atoms with van der Waals surface area (Å²) in [4.78, 5) is 16.0. The number of hydrogen-bond donors (Lipinski definition) is 2. The van der Waals surface area contributed by atoms with Crippen LogP contribution in [0.5, 0.6) is 0 Å². The first kappa shape index (κ1) is 15.0. The molecule has 0 atom stereocenters. The quantitative estimate of drug-likeness (QED) is 0.737. The zero-order valence-electron chi connectivity index (χ0n) is 13.9. The molecule has 2 aromatic carbocycles. The second-order valence-corrected chi connectivity index (χ2v) is 6.81. The molecule has 3 aromatic rings. The van der Waals surface area contributed by atoms with E-state index in [-0.39, 0.29) is 11.3 Å². The Balaban J connectivity index is 1.41. The molecule has 0 aliphatic heterocycles. The Labute approximate surface area is 142 Å². The maximum absolute atomic E-state index is 12.7. The molecule has 1 aliphatic rings. The third-order valence-electron chi connectivity index (χ3n) is 5.14. The molecule has 1 amide bonds. The Hall–Kier alpha value is -2.55. The van der Waals surface area contributed by atoms with Crippen LogP contribution in [0.3, 0.4) is 0 Å². The molecule has 3 heteroatoms. The van der Waals surface area contributed by atoms with Gasteiger partial charge in [0.1, 0.15) is 0 Å². The number of carbonyl (C=O) groups excluding carboxylic acids is 1. The molecule has 3 nitrogen and oxygen atoms in total. The number of H-pyrrole nitrogens is 1. The highest BCUT2D eigenvalue weighted by Gasteiger charge is 2.50. The van der Waals surface area contributed by atoms with Crippen molar-refractivity contribution in [2.24, 2.45) is 0 Å². The number of nitrogens with one attached hydrogen (secondary N) is 2. The predicted molar refractivity (Wildman–Crippen MR) is 97.1 cm³/mol. The average Bonchev–Trinajstić information content (AvgIpc) is 3.32. The van der Waals surface area contributed by atoms with Crippen LogP contribution >= 0.6 is 0 Å². The van der Waals surface area contributed by atoms with Crippen LogP contribution in [0.25, 0.3) is 10.9 Å². The maximum atomic E-state index is 12.7. The zero-order chi connectivity index (χ0) is 16.6. The van der Waals surface area contributed by atoms with Gasteiger partial charge in [0, 0.05) is 23.6 Å². The minimum absolute atomic E-state index is 0.172. The van der Waals surface area contributed by atoms with E-state index in [0.29, 0.717) is 6.54 Å². The van der Waals surface area contributed by atoms with Gasteiger partial charge < -0.3 is 10.3 Å². The van der Waals surface area contributed by atoms with Crippen molar-refractivity contribution in [1.82, 2.24) is 10.3 Å². The van der Waals surface area contributed by atoms with E-state index < -0.39 is 0 Å². The molecule has 0 spiro atoms. The summed E-state index contributed by atoms with van der Waals surface area (Å²) >= 11 is 0. The molecular formula is C21H22N2O. The Morgan fingerprint density at radius 3 is 2.62 bits per heavy atom. The molecule has 0 unspecified atom stereocenters. The normalized spacial score (nSPS) is 15.4. The summed E-state index contributed by atoms with van der Waals surface area (Å²) in [6.45, 7) is 2.75. The second kappa shape index (κ2) is 5.82. The van der Waals surface area contributed by atoms with Gasteiger partial charge in [-0.05, 0) is 43.4 Å². The molecule has 24 heavy (non-hydrogen) atoms. The molecule has 1 aliphatic carbocycles. The first-order chi connectivity index (χ1) is 11.7. The fourth-order valence-corrected chi connectivity index (χ4v) is 3.46. The fourth-order valence-electron chi connectivity index (χ4n) is 3.46. The van der Waals surface area contributed by atoms with Gasteiger partial charge in [-0.25, -0.2) is 0 Å². The van der Waals surface area contributed by atoms with Gasteiger partial charge in [0.05, 0.1) is 5.41 Å². The molecule has 0 saturated heterocycles. The number of carbonyl (C=O) groups is 1. The number of para-hydroxylation sites is 1. The summed E-state index contributed by atoms with van der Waals surface area (Å²) in [6.07, 6.45) is 4.80. The van der Waals surface area contributed by atoms with E-state index in [2.05, 4.69) is 59.7 Å². The molecular weight excluding hydrogens is 296 g/mol. The Morgan fingerprint density at radius 2 is 1.88 bits per heavy atom. The number of fused-ring (bicyclic) bond motifs is 1. The molecule has 0 bridgehead atoms. The Bertz CT molecular complexity index is 872. The van der Waals surface area contributed by atoms with Crippen molar-refractivity contribution < 1.29 is 4.79 Å². The summed E-state index contributed by atoms with van der Waals surface area (Å²) in [5.41, 5.74) is 4.50. The number of hydrogen-bond acceptors (Lipinski definition) is 1. The first-order valence-corrected chi connectivity index (χ1v) is 8.59. The number of aromatic amines is 1. The number of aromatic nitrogens is 1. The van der Waals surface area contributed by atoms with Crippen molar-refractivity contribution in [3.63, 3.8) is 0 Å². The second-order valence-electron chi connectivity index (χ2n) is 6.81. The van der Waals surface area contributed by atoms with Crippen LogP contribution in [0.1, 0.15) is 29.5 Å². The van der Waals surface area contributed by atoms with E-state index in [4.69, 9.17) is 0 Å². The van der Waals surface area contributed by atoms with Gasteiger partial charge in [0.15, 0.2) is 0 Å². The van der Waals surface area contributed by atoms with Gasteiger partial charge >= 0.3 is 0 Å². The lowest BCUT2D eigenvalue weighted by Gasteiger charge is -2.16. The molecule has 1 fully saturated rings. The lowest BCUT2D eigenvalue weighted by atomic mass is 9.94. The van der Waals surface area contributed by atoms with Crippen molar-refractivity contribution >= 4 is 16.8 Å². The van der Waals surface area contributed by atoms with Crippen LogP contribution in [0.2, 0.25) is 0 Å². The van der Waals surface area contributed by atoms with E-state index in [1.807, 2.05) is 12.3 Å². The Kier molecular flexibility index (Phi) is 3.64. The molecule has 1 heterocycles. The molecule has 1 aromatic heterocycles. The van der Waals surface area contributed by atoms with Gasteiger partial charge in [0.2, 0.25) is 5.91 Å². The monoisotopic (exact) mass is 318 g/mol. The van der Waals surface area contributed by atoms with Gasteiger partial charge in [-0.2, -0.15) is 0 Å². The summed E-state index contributed by atoms with van der Waals surface area (Å²) in [5, 5.41) is 4.39. The van der Waals surface area contributed by atoms with Crippen molar-refractivity contribution in [2.45, 2.75) is 31.6 Å². The minimum atomic E-state index is -0.284. The van der Waals surface area contributed by atoms with E-state index in [0.717, 1.165) is 30.3 Å². The summed E-state index contributed by atoms with van der Waals surface area (Å²) in [7, 11) is 0. The smallest absolute Gasteiger partial charge is 0.230 e. The highest BCUT2D eigenvalue weighted by molar-refractivity contribution is 5.91. The van der Waals surface area contributed by atoms with Gasteiger partial charge in [-0.1, -0.05) is 48.0 Å². The van der Waals surface area contributed by atoms with E-state index in [1.165, 1.54) is 16.5 Å². The molecule has 122 valence electrons. The molecule has 4 rings (SSSR count). The van der Waals surface area contributed by atoms with Crippen LogP contribution in [0.15, 0.2) is 54.7 Å². The summed E-state index contributed by atoms with van der Waals surface area (Å²) in [5.74, 6) is 0.172. The van der Waals surface area contributed by atoms with E-state index in [9.17, 15) is 4.79 Å². The highest BCUT2D eigenvalue weighted by Crippen LogP contribution is 2.48.